The molecule has 1 fully saturated rings. The summed E-state index contributed by atoms with van der Waals surface area (Å²) in [4.78, 5) is 0. The third kappa shape index (κ3) is 7.52. The maximum atomic E-state index is 9.30. The second kappa shape index (κ2) is 10.5. The summed E-state index contributed by atoms with van der Waals surface area (Å²) in [5.74, 6) is 1.15. The van der Waals surface area contributed by atoms with Crippen molar-refractivity contribution in [1.82, 2.24) is 0 Å². The number of hydrogen-bond donors (Lipinski definition) is 4. The van der Waals surface area contributed by atoms with Crippen molar-refractivity contribution in [2.24, 2.45) is 23.3 Å². The Labute approximate surface area is 121 Å². The summed E-state index contributed by atoms with van der Waals surface area (Å²) in [5, 5.41) is 18.6. The van der Waals surface area contributed by atoms with Crippen LogP contribution >= 0.6 is 0 Å². The summed E-state index contributed by atoms with van der Waals surface area (Å²) in [6.45, 7) is 2.57. The third-order valence-electron chi connectivity index (χ3n) is 3.84. The molecule has 2 atom stereocenters. The minimum Gasteiger partial charge on any atom is -0.389 e. The van der Waals surface area contributed by atoms with E-state index < -0.39 is 12.2 Å². The van der Waals surface area contributed by atoms with Crippen molar-refractivity contribution in [1.29, 1.82) is 0 Å². The van der Waals surface area contributed by atoms with Crippen molar-refractivity contribution in [3.63, 3.8) is 0 Å². The number of nitrogens with two attached hydrogens (primary N) is 2. The molecule has 0 spiro atoms. The molecular weight excluding hydrogens is 260 g/mol. The highest BCUT2D eigenvalue weighted by molar-refractivity contribution is 4.72. The molecule has 0 aromatic carbocycles. The molecule has 1 saturated carbocycles. The van der Waals surface area contributed by atoms with E-state index in [0.29, 0.717) is 38.3 Å². The van der Waals surface area contributed by atoms with E-state index in [1.807, 2.05) is 0 Å². The molecule has 6 N–H and O–H groups in total. The first-order valence-electron chi connectivity index (χ1n) is 7.57. The lowest BCUT2D eigenvalue weighted by atomic mass is 9.83. The minimum absolute atomic E-state index is 0.249. The molecule has 0 heterocycles. The van der Waals surface area contributed by atoms with Gasteiger partial charge in [-0.25, -0.2) is 0 Å². The van der Waals surface area contributed by atoms with Gasteiger partial charge in [-0.1, -0.05) is 0 Å². The highest BCUT2D eigenvalue weighted by Gasteiger charge is 2.21. The lowest BCUT2D eigenvalue weighted by molar-refractivity contribution is -0.000262. The Morgan fingerprint density at radius 2 is 1.15 bits per heavy atom. The number of hydrogen-bond acceptors (Lipinski definition) is 6. The van der Waals surface area contributed by atoms with Gasteiger partial charge in [-0.05, 0) is 37.5 Å². The first-order valence-corrected chi connectivity index (χ1v) is 7.57. The molecule has 0 aliphatic heterocycles. The molecule has 6 heteroatoms. The van der Waals surface area contributed by atoms with Gasteiger partial charge in [-0.3, -0.25) is 0 Å². The van der Waals surface area contributed by atoms with Gasteiger partial charge in [0, 0.05) is 26.3 Å². The summed E-state index contributed by atoms with van der Waals surface area (Å²) < 4.78 is 11.0. The van der Waals surface area contributed by atoms with Gasteiger partial charge < -0.3 is 31.2 Å². The van der Waals surface area contributed by atoms with Crippen molar-refractivity contribution in [2.75, 3.05) is 39.5 Å². The van der Waals surface area contributed by atoms with Crippen LogP contribution in [0.25, 0.3) is 0 Å². The van der Waals surface area contributed by atoms with E-state index in [2.05, 4.69) is 0 Å². The van der Waals surface area contributed by atoms with Crippen molar-refractivity contribution in [3.05, 3.63) is 0 Å². The van der Waals surface area contributed by atoms with E-state index in [1.54, 1.807) is 0 Å². The van der Waals surface area contributed by atoms with Gasteiger partial charge in [0.25, 0.3) is 0 Å². The molecule has 0 amide bonds. The largest absolute Gasteiger partial charge is 0.389 e. The summed E-state index contributed by atoms with van der Waals surface area (Å²) in [7, 11) is 0. The Bertz CT molecular complexity index is 211. The van der Waals surface area contributed by atoms with Gasteiger partial charge in [0.1, 0.15) is 0 Å². The van der Waals surface area contributed by atoms with E-state index in [-0.39, 0.29) is 13.1 Å². The van der Waals surface area contributed by atoms with Gasteiger partial charge in [-0.2, -0.15) is 0 Å². The zero-order chi connectivity index (χ0) is 14.8. The number of ether oxygens (including phenoxy) is 2. The Morgan fingerprint density at radius 1 is 0.800 bits per heavy atom. The topological polar surface area (TPSA) is 111 Å². The van der Waals surface area contributed by atoms with Crippen molar-refractivity contribution >= 4 is 0 Å². The highest BCUT2D eigenvalue weighted by Crippen LogP contribution is 2.29. The van der Waals surface area contributed by atoms with Crippen LogP contribution in [-0.4, -0.2) is 61.9 Å². The summed E-state index contributed by atoms with van der Waals surface area (Å²) in [5.41, 5.74) is 10.6. The highest BCUT2D eigenvalue weighted by atomic mass is 16.5. The third-order valence-corrected chi connectivity index (χ3v) is 3.84. The first-order chi connectivity index (χ1) is 9.65. The zero-order valence-corrected chi connectivity index (χ0v) is 12.2. The van der Waals surface area contributed by atoms with Crippen LogP contribution in [0.15, 0.2) is 0 Å². The molecule has 0 unspecified atom stereocenters. The fourth-order valence-corrected chi connectivity index (χ4v) is 2.44. The maximum Gasteiger partial charge on any atom is 0.0895 e. The molecule has 1 aliphatic carbocycles. The molecule has 20 heavy (non-hydrogen) atoms. The van der Waals surface area contributed by atoms with Crippen LogP contribution in [-0.2, 0) is 9.47 Å². The predicted octanol–water partition coefficient (Wildman–Crippen LogP) is -0.535. The van der Waals surface area contributed by atoms with Crippen LogP contribution in [0.4, 0.5) is 0 Å². The number of aliphatic hydroxyl groups is 2. The average molecular weight is 290 g/mol. The molecule has 6 nitrogen and oxygen atoms in total. The predicted molar refractivity (Wildman–Crippen MR) is 77.2 cm³/mol. The summed E-state index contributed by atoms with van der Waals surface area (Å²) >= 11 is 0. The molecular formula is C14H30N2O4. The molecule has 0 radical (unpaired) electrons. The molecule has 0 aromatic rings. The normalized spacial score (nSPS) is 26.4. The molecule has 1 rings (SSSR count). The molecule has 120 valence electrons. The van der Waals surface area contributed by atoms with Gasteiger partial charge >= 0.3 is 0 Å². The van der Waals surface area contributed by atoms with Gasteiger partial charge in [-0.15, -0.1) is 0 Å². The Balaban J connectivity index is 2.02. The van der Waals surface area contributed by atoms with Crippen molar-refractivity contribution in [2.45, 2.75) is 37.9 Å². The van der Waals surface area contributed by atoms with Gasteiger partial charge in [0.05, 0.1) is 25.4 Å². The molecule has 0 bridgehead atoms. The molecule has 0 aromatic heterocycles. The monoisotopic (exact) mass is 290 g/mol. The quantitative estimate of drug-likeness (QED) is 0.430. The zero-order valence-electron chi connectivity index (χ0n) is 12.2. The standard InChI is InChI=1S/C14H30N2O4/c15-5-13(17)9-19-7-11-1-2-12(4-3-11)8-20-10-14(18)6-16/h11-14,17-18H,1-10,15-16H2/t11?,12?,13-,14+. The summed E-state index contributed by atoms with van der Waals surface area (Å²) in [6.07, 6.45) is 3.43. The Hall–Kier alpha value is -0.240. The van der Waals surface area contributed by atoms with E-state index in [4.69, 9.17) is 20.9 Å². The van der Waals surface area contributed by atoms with Crippen LogP contribution in [0.2, 0.25) is 0 Å². The summed E-state index contributed by atoms with van der Waals surface area (Å²) in [6, 6.07) is 0. The fraction of sp³-hybridized carbons (Fsp3) is 1.00. The first kappa shape index (κ1) is 17.8. The SMILES string of the molecule is NC[C@@H](O)COCC1CCC(COC[C@@H](O)CN)CC1. The van der Waals surface area contributed by atoms with Crippen molar-refractivity contribution < 1.29 is 19.7 Å². The lowest BCUT2D eigenvalue weighted by Gasteiger charge is -2.28. The number of aliphatic hydroxyl groups excluding tert-OH is 2. The average Bonchev–Trinajstić information content (AvgIpc) is 2.48. The van der Waals surface area contributed by atoms with E-state index in [9.17, 15) is 10.2 Å². The Kier molecular flexibility index (Phi) is 9.33. The van der Waals surface area contributed by atoms with E-state index >= 15 is 0 Å². The molecule has 1 aliphatic rings. The number of rotatable bonds is 10. The van der Waals surface area contributed by atoms with Crippen LogP contribution in [0.1, 0.15) is 25.7 Å². The molecule has 0 saturated heterocycles. The lowest BCUT2D eigenvalue weighted by Crippen LogP contribution is -2.29. The van der Waals surface area contributed by atoms with Crippen molar-refractivity contribution in [3.8, 4) is 0 Å². The second-order valence-corrected chi connectivity index (χ2v) is 5.74. The van der Waals surface area contributed by atoms with E-state index in [0.717, 1.165) is 25.7 Å². The fourth-order valence-electron chi connectivity index (χ4n) is 2.44. The van der Waals surface area contributed by atoms with Crippen LogP contribution < -0.4 is 11.5 Å². The Morgan fingerprint density at radius 3 is 1.45 bits per heavy atom. The van der Waals surface area contributed by atoms with Crippen LogP contribution in [0.5, 0.6) is 0 Å². The van der Waals surface area contributed by atoms with Gasteiger partial charge in [0.15, 0.2) is 0 Å². The van der Waals surface area contributed by atoms with Gasteiger partial charge in [0.2, 0.25) is 0 Å². The smallest absolute Gasteiger partial charge is 0.0895 e. The second-order valence-electron chi connectivity index (χ2n) is 5.74. The minimum atomic E-state index is -0.547. The maximum absolute atomic E-state index is 9.30. The van der Waals surface area contributed by atoms with Crippen LogP contribution in [0.3, 0.4) is 0 Å². The van der Waals surface area contributed by atoms with Crippen LogP contribution in [0, 0.1) is 11.8 Å². The van der Waals surface area contributed by atoms with E-state index in [1.165, 1.54) is 0 Å².